The van der Waals surface area contributed by atoms with E-state index in [9.17, 15) is 0 Å². The predicted molar refractivity (Wildman–Crippen MR) is 117 cm³/mol. The van der Waals surface area contributed by atoms with Crippen molar-refractivity contribution in [2.45, 2.75) is 40.8 Å². The highest BCUT2D eigenvalue weighted by atomic mass is 35.5. The van der Waals surface area contributed by atoms with Crippen molar-refractivity contribution in [2.75, 3.05) is 0 Å². The number of fused-ring (bicyclic) bond motifs is 1. The van der Waals surface area contributed by atoms with Crippen LogP contribution in [0.15, 0.2) is 42.1 Å². The molecule has 1 aromatic carbocycles. The monoisotopic (exact) mass is 424 g/mol. The van der Waals surface area contributed by atoms with Gasteiger partial charge in [-0.15, -0.1) is 12.4 Å². The minimum Gasteiger partial charge on any atom is -0.487 e. The number of rotatable bonds is 5. The number of nitrogens with zero attached hydrogens (tertiary/aromatic N) is 2. The third kappa shape index (κ3) is 4.60. The zero-order valence-electron chi connectivity index (χ0n) is 15.8. The summed E-state index contributed by atoms with van der Waals surface area (Å²) in [5, 5.41) is 2.21. The van der Waals surface area contributed by atoms with E-state index in [1.807, 2.05) is 12.3 Å². The van der Waals surface area contributed by atoms with Gasteiger partial charge in [-0.2, -0.15) is 0 Å². The van der Waals surface area contributed by atoms with Crippen LogP contribution in [0.25, 0.3) is 10.9 Å². The number of aromatic nitrogens is 2. The van der Waals surface area contributed by atoms with Gasteiger partial charge >= 0.3 is 0 Å². The molecule has 2 heterocycles. The lowest BCUT2D eigenvalue weighted by Crippen LogP contribution is -2.05. The molecule has 3 nitrogen and oxygen atoms in total. The summed E-state index contributed by atoms with van der Waals surface area (Å²) in [5.74, 6) is 0.675. The number of ether oxygens (including phenoxy) is 1. The smallest absolute Gasteiger partial charge is 0.132 e. The number of halogens is 3. The molecular weight excluding hydrogens is 403 g/mol. The van der Waals surface area contributed by atoms with Crippen molar-refractivity contribution in [3.8, 4) is 5.75 Å². The molecule has 0 amide bonds. The molecule has 6 heteroatoms. The van der Waals surface area contributed by atoms with Gasteiger partial charge in [-0.25, -0.2) is 0 Å². The molecule has 0 saturated heterocycles. The molecule has 3 aromatic rings. The summed E-state index contributed by atoms with van der Waals surface area (Å²) in [6, 6.07) is 7.34. The van der Waals surface area contributed by atoms with Gasteiger partial charge in [0.15, 0.2) is 0 Å². The van der Waals surface area contributed by atoms with Crippen LogP contribution in [-0.4, -0.2) is 9.55 Å². The highest BCUT2D eigenvalue weighted by Crippen LogP contribution is 2.29. The molecule has 144 valence electrons. The third-order valence-corrected chi connectivity index (χ3v) is 5.31. The fraction of sp³-hybridized carbons (Fsp3) is 0.286. The van der Waals surface area contributed by atoms with Crippen LogP contribution >= 0.6 is 35.6 Å². The number of allylic oxidation sites excluding steroid dienone is 2. The van der Waals surface area contributed by atoms with Crippen molar-refractivity contribution in [1.29, 1.82) is 0 Å². The summed E-state index contributed by atoms with van der Waals surface area (Å²) < 4.78 is 8.24. The second kappa shape index (κ2) is 9.01. The molecule has 0 unspecified atom stereocenters. The lowest BCUT2D eigenvalue weighted by atomic mass is 10.2. The Morgan fingerprint density at radius 1 is 1.15 bits per heavy atom. The molecule has 27 heavy (non-hydrogen) atoms. The Hall–Kier alpha value is -1.68. The van der Waals surface area contributed by atoms with E-state index in [4.69, 9.17) is 27.9 Å². The third-order valence-electron chi connectivity index (χ3n) is 4.57. The summed E-state index contributed by atoms with van der Waals surface area (Å²) in [6.45, 7) is 9.72. The molecule has 0 fully saturated rings. The molecule has 0 aliphatic rings. The Labute approximate surface area is 176 Å². The summed E-state index contributed by atoms with van der Waals surface area (Å²) in [4.78, 5) is 4.58. The quantitative estimate of drug-likeness (QED) is 0.414. The maximum absolute atomic E-state index is 6.07. The highest BCUT2D eigenvalue weighted by molar-refractivity contribution is 6.42. The first-order valence-corrected chi connectivity index (χ1v) is 9.28. The van der Waals surface area contributed by atoms with Crippen LogP contribution in [0.4, 0.5) is 0 Å². The standard InChI is InChI=1S/C21H22Cl2N2O.ClH/c1-13(2)8-10-25-15(4)14(3)17-7-9-24-20(21(17)25)12-26-16-5-6-18(22)19(23)11-16;/h5-9,11H,10,12H2,1-4H3;1H. The van der Waals surface area contributed by atoms with Crippen molar-refractivity contribution < 1.29 is 4.74 Å². The molecule has 0 saturated carbocycles. The van der Waals surface area contributed by atoms with Crippen LogP contribution in [-0.2, 0) is 13.2 Å². The lowest BCUT2D eigenvalue weighted by Gasteiger charge is -2.11. The molecule has 3 rings (SSSR count). The fourth-order valence-electron chi connectivity index (χ4n) is 2.99. The Morgan fingerprint density at radius 3 is 2.56 bits per heavy atom. The topological polar surface area (TPSA) is 27.1 Å². The number of aryl methyl sites for hydroxylation is 1. The van der Waals surface area contributed by atoms with Gasteiger partial charge in [0.05, 0.1) is 15.6 Å². The van der Waals surface area contributed by atoms with Crippen molar-refractivity contribution in [1.82, 2.24) is 9.55 Å². The first-order valence-electron chi connectivity index (χ1n) is 8.53. The predicted octanol–water partition coefficient (Wildman–Crippen LogP) is 6.93. The maximum atomic E-state index is 6.07. The fourth-order valence-corrected chi connectivity index (χ4v) is 3.28. The van der Waals surface area contributed by atoms with Gasteiger partial charge in [0, 0.05) is 29.9 Å². The average molecular weight is 426 g/mol. The van der Waals surface area contributed by atoms with Gasteiger partial charge < -0.3 is 9.30 Å². The first kappa shape index (κ1) is 21.6. The van der Waals surface area contributed by atoms with E-state index in [2.05, 4.69) is 49.4 Å². The van der Waals surface area contributed by atoms with Crippen molar-refractivity contribution in [2.24, 2.45) is 0 Å². The zero-order valence-corrected chi connectivity index (χ0v) is 18.2. The minimum absolute atomic E-state index is 0. The van der Waals surface area contributed by atoms with E-state index in [1.54, 1.807) is 12.1 Å². The Balaban J connectivity index is 0.00000261. The van der Waals surface area contributed by atoms with Crippen molar-refractivity contribution in [3.63, 3.8) is 0 Å². The average Bonchev–Trinajstić information content (AvgIpc) is 2.86. The van der Waals surface area contributed by atoms with Crippen LogP contribution in [0, 0.1) is 13.8 Å². The number of benzene rings is 1. The molecule has 0 aliphatic heterocycles. The van der Waals surface area contributed by atoms with Gasteiger partial charge in [-0.3, -0.25) is 4.98 Å². The van der Waals surface area contributed by atoms with E-state index in [0.29, 0.717) is 22.4 Å². The zero-order chi connectivity index (χ0) is 18.8. The summed E-state index contributed by atoms with van der Waals surface area (Å²) in [5.41, 5.74) is 5.86. The van der Waals surface area contributed by atoms with Crippen molar-refractivity contribution in [3.05, 3.63) is 69.1 Å². The normalized spacial score (nSPS) is 10.6. The highest BCUT2D eigenvalue weighted by Gasteiger charge is 2.15. The number of hydrogen-bond acceptors (Lipinski definition) is 2. The largest absolute Gasteiger partial charge is 0.487 e. The summed E-state index contributed by atoms with van der Waals surface area (Å²) >= 11 is 12.0. The summed E-state index contributed by atoms with van der Waals surface area (Å²) in [6.07, 6.45) is 4.07. The van der Waals surface area contributed by atoms with Crippen molar-refractivity contribution >= 4 is 46.5 Å². The van der Waals surface area contributed by atoms with Gasteiger partial charge in [-0.05, 0) is 51.5 Å². The lowest BCUT2D eigenvalue weighted by molar-refractivity contribution is 0.302. The van der Waals surface area contributed by atoms with Gasteiger partial charge in [0.1, 0.15) is 18.1 Å². The minimum atomic E-state index is 0. The molecule has 0 bridgehead atoms. The molecule has 0 N–H and O–H groups in total. The Morgan fingerprint density at radius 2 is 1.89 bits per heavy atom. The van der Waals surface area contributed by atoms with E-state index in [-0.39, 0.29) is 12.4 Å². The second-order valence-corrected chi connectivity index (χ2v) is 7.44. The molecule has 0 aliphatic carbocycles. The number of hydrogen-bond donors (Lipinski definition) is 0. The van der Waals surface area contributed by atoms with Gasteiger partial charge in [0.2, 0.25) is 0 Å². The van der Waals surface area contributed by atoms with E-state index >= 15 is 0 Å². The maximum Gasteiger partial charge on any atom is 0.132 e. The second-order valence-electron chi connectivity index (χ2n) is 6.62. The van der Waals surface area contributed by atoms with E-state index in [1.165, 1.54) is 22.2 Å². The first-order chi connectivity index (χ1) is 12.4. The molecule has 0 atom stereocenters. The van der Waals surface area contributed by atoms with Crippen LogP contribution < -0.4 is 4.74 Å². The van der Waals surface area contributed by atoms with Crippen LogP contribution in [0.3, 0.4) is 0 Å². The molecule has 0 spiro atoms. The summed E-state index contributed by atoms with van der Waals surface area (Å²) in [7, 11) is 0. The van der Waals surface area contributed by atoms with Crippen LogP contribution in [0.1, 0.15) is 30.8 Å². The Kier molecular flexibility index (Phi) is 7.21. The molecule has 0 radical (unpaired) electrons. The van der Waals surface area contributed by atoms with Crippen LogP contribution in [0.2, 0.25) is 10.0 Å². The number of pyridine rings is 1. The molecule has 2 aromatic heterocycles. The Bertz CT molecular complexity index is 989. The van der Waals surface area contributed by atoms with E-state index in [0.717, 1.165) is 17.8 Å². The van der Waals surface area contributed by atoms with Crippen LogP contribution in [0.5, 0.6) is 5.75 Å². The SMILES string of the molecule is CC(C)=CCn1c(C)c(C)c2ccnc(COc3ccc(Cl)c(Cl)c3)c21.Cl. The molecular formula is C21H23Cl3N2O. The van der Waals surface area contributed by atoms with Gasteiger partial charge in [0.25, 0.3) is 0 Å². The van der Waals surface area contributed by atoms with E-state index < -0.39 is 0 Å². The van der Waals surface area contributed by atoms with Gasteiger partial charge in [-0.1, -0.05) is 34.9 Å².